The van der Waals surface area contributed by atoms with Crippen LogP contribution in [0.4, 0.5) is 4.79 Å². The van der Waals surface area contributed by atoms with E-state index in [1.807, 2.05) is 55.4 Å². The van der Waals surface area contributed by atoms with Gasteiger partial charge in [0.1, 0.15) is 12.1 Å². The second-order valence-corrected chi connectivity index (χ2v) is 17.8. The number of primary amides is 1. The Kier molecular flexibility index (Phi) is 9.93. The van der Waals surface area contributed by atoms with Crippen LogP contribution in [0, 0.1) is 34.0 Å². The number of nitrogens with zero attached hydrogens (tertiary/aromatic N) is 2. The van der Waals surface area contributed by atoms with E-state index in [4.69, 9.17) is 5.73 Å². The highest BCUT2D eigenvalue weighted by Gasteiger charge is 2.70. The Morgan fingerprint density at radius 2 is 1.55 bits per heavy atom. The van der Waals surface area contributed by atoms with Crippen molar-refractivity contribution in [3.63, 3.8) is 0 Å². The molecule has 1 saturated heterocycles. The summed E-state index contributed by atoms with van der Waals surface area (Å²) in [7, 11) is -2.06. The van der Waals surface area contributed by atoms with Gasteiger partial charge in [0.25, 0.3) is 5.91 Å². The maximum absolute atomic E-state index is 14.2. The number of amides is 5. The predicted octanol–water partition coefficient (Wildman–Crippen LogP) is 0.829. The van der Waals surface area contributed by atoms with Gasteiger partial charge in [0.2, 0.25) is 27.6 Å². The van der Waals surface area contributed by atoms with Crippen LogP contribution < -0.4 is 21.7 Å². The van der Waals surface area contributed by atoms with Crippen LogP contribution in [0.25, 0.3) is 0 Å². The molecule has 3 rings (SSSR count). The number of ketones is 1. The number of carbonyl (C=O) groups is 5. The highest BCUT2D eigenvalue weighted by Crippen LogP contribution is 2.65. The van der Waals surface area contributed by atoms with Gasteiger partial charge in [-0.25, -0.2) is 17.5 Å². The molecule has 0 radical (unpaired) electrons. The number of urea groups is 1. The highest BCUT2D eigenvalue weighted by molar-refractivity contribution is 7.88. The van der Waals surface area contributed by atoms with E-state index in [9.17, 15) is 32.4 Å². The number of fused-ring (bicyclic) bond motifs is 1. The molecule has 6 atom stereocenters. The largest absolute Gasteiger partial charge is 0.363 e. The van der Waals surface area contributed by atoms with Crippen LogP contribution >= 0.6 is 0 Å². The first-order valence-corrected chi connectivity index (χ1v) is 17.1. The first-order valence-electron chi connectivity index (χ1n) is 15.3. The standard InChI is InChI=1S/C30H52N6O7S/c1-28(2,3)19(15-35(9)44(10,42)43)33-27(41)34-23(29(4,5)6)26(40)36-14-17-20(30(17,7)8)21(36)25(39)32-18(13-16-11-12-16)22(37)24(31)38/h16-21,23H,11-15H2,1-10H3,(H2,31,38)(H,32,39)(H2,33,34,41)/t17-,18?,19+,20-,21-,23+/m0/s1. The molecule has 1 unspecified atom stereocenters. The molecule has 2 saturated carbocycles. The number of Topliss-reactive ketones (excluding diaryl/α,β-unsaturated/α-hetero) is 1. The zero-order chi connectivity index (χ0) is 33.7. The number of hydrogen-bond acceptors (Lipinski definition) is 7. The van der Waals surface area contributed by atoms with Crippen molar-refractivity contribution in [3.05, 3.63) is 0 Å². The third kappa shape index (κ3) is 8.09. The molecule has 0 aromatic carbocycles. The lowest BCUT2D eigenvalue weighted by Gasteiger charge is -2.39. The van der Waals surface area contributed by atoms with Gasteiger partial charge in [-0.15, -0.1) is 0 Å². The molecule has 1 heterocycles. The molecule has 5 amide bonds. The van der Waals surface area contributed by atoms with Crippen LogP contribution in [0.3, 0.4) is 0 Å². The average molecular weight is 641 g/mol. The Morgan fingerprint density at radius 3 is 2.00 bits per heavy atom. The Hall–Kier alpha value is -2.74. The molecule has 3 aliphatic rings. The molecular weight excluding hydrogens is 588 g/mol. The molecule has 0 spiro atoms. The molecule has 5 N–H and O–H groups in total. The van der Waals surface area contributed by atoms with Crippen LogP contribution in [0.15, 0.2) is 0 Å². The van der Waals surface area contributed by atoms with Crippen molar-refractivity contribution in [1.29, 1.82) is 0 Å². The first-order chi connectivity index (χ1) is 19.9. The van der Waals surface area contributed by atoms with Crippen molar-refractivity contribution in [2.75, 3.05) is 26.4 Å². The molecule has 0 bridgehead atoms. The van der Waals surface area contributed by atoms with Crippen LogP contribution in [0.5, 0.6) is 0 Å². The fraction of sp³-hybridized carbons (Fsp3) is 0.833. The third-order valence-electron chi connectivity index (χ3n) is 9.65. The summed E-state index contributed by atoms with van der Waals surface area (Å²) in [4.78, 5) is 67.2. The maximum Gasteiger partial charge on any atom is 0.315 e. The lowest BCUT2D eigenvalue weighted by Crippen LogP contribution is -2.62. The van der Waals surface area contributed by atoms with Crippen LogP contribution in [0.2, 0.25) is 0 Å². The monoisotopic (exact) mass is 640 g/mol. The van der Waals surface area contributed by atoms with Gasteiger partial charge in [-0.2, -0.15) is 0 Å². The SMILES string of the molecule is CN(C[C@@H](NC(=O)N[C@H](C(=O)N1C[C@H]2[C@@H]([C@H]1C(=O)NC(CC1CC1)C(=O)C(N)=O)C2(C)C)C(C)(C)C)C(C)(C)C)S(C)(=O)=O. The van der Waals surface area contributed by atoms with E-state index >= 15 is 0 Å². The lowest BCUT2D eigenvalue weighted by atomic mass is 9.85. The second kappa shape index (κ2) is 12.2. The van der Waals surface area contributed by atoms with Gasteiger partial charge >= 0.3 is 6.03 Å². The van der Waals surface area contributed by atoms with E-state index in [0.29, 0.717) is 13.0 Å². The summed E-state index contributed by atoms with van der Waals surface area (Å²) < 4.78 is 25.3. The van der Waals surface area contributed by atoms with Crippen molar-refractivity contribution in [3.8, 4) is 0 Å². The number of likely N-dealkylation sites (tertiary alicyclic amines) is 1. The van der Waals surface area contributed by atoms with Crippen LogP contribution in [0.1, 0.15) is 74.7 Å². The number of nitrogens with two attached hydrogens (primary N) is 1. The molecule has 0 aromatic rings. The van der Waals surface area contributed by atoms with E-state index in [0.717, 1.165) is 23.4 Å². The fourth-order valence-electron chi connectivity index (χ4n) is 6.23. The number of sulfonamides is 1. The second-order valence-electron chi connectivity index (χ2n) is 15.7. The Labute approximate surface area is 261 Å². The topological polar surface area (TPSA) is 188 Å². The molecule has 2 aliphatic carbocycles. The Morgan fingerprint density at radius 1 is 0.977 bits per heavy atom. The molecule has 44 heavy (non-hydrogen) atoms. The van der Waals surface area contributed by atoms with Crippen molar-refractivity contribution >= 4 is 39.6 Å². The van der Waals surface area contributed by atoms with Gasteiger partial charge in [0.05, 0.1) is 12.3 Å². The van der Waals surface area contributed by atoms with Crippen molar-refractivity contribution < 1.29 is 32.4 Å². The molecule has 14 heteroatoms. The summed E-state index contributed by atoms with van der Waals surface area (Å²) in [5.41, 5.74) is 3.81. The number of hydrogen-bond donors (Lipinski definition) is 4. The maximum atomic E-state index is 14.2. The van der Waals surface area contributed by atoms with E-state index in [2.05, 4.69) is 16.0 Å². The van der Waals surface area contributed by atoms with E-state index in [-0.39, 0.29) is 29.7 Å². The van der Waals surface area contributed by atoms with Crippen LogP contribution in [-0.4, -0.2) is 97.7 Å². The minimum atomic E-state index is -3.50. The van der Waals surface area contributed by atoms with Gasteiger partial charge in [-0.3, -0.25) is 19.2 Å². The molecular formula is C30H52N6O7S. The summed E-state index contributed by atoms with van der Waals surface area (Å²) in [5.74, 6) is -2.77. The number of piperidine rings is 1. The van der Waals surface area contributed by atoms with Gasteiger partial charge in [-0.05, 0) is 40.4 Å². The summed E-state index contributed by atoms with van der Waals surface area (Å²) in [6.07, 6.45) is 3.23. The minimum absolute atomic E-state index is 0.0305. The van der Waals surface area contributed by atoms with Crippen LogP contribution in [-0.2, 0) is 29.2 Å². The number of nitrogens with one attached hydrogen (secondary N) is 3. The lowest BCUT2D eigenvalue weighted by molar-refractivity contribution is -0.145. The molecule has 250 valence electrons. The van der Waals surface area contributed by atoms with Crippen molar-refractivity contribution in [2.45, 2.75) is 98.8 Å². The molecule has 13 nitrogen and oxygen atoms in total. The van der Waals surface area contributed by atoms with Crippen molar-refractivity contribution in [2.24, 2.45) is 39.7 Å². The molecule has 3 fully saturated rings. The summed E-state index contributed by atoms with van der Waals surface area (Å²) in [6, 6.07) is -4.18. The summed E-state index contributed by atoms with van der Waals surface area (Å²) in [5, 5.41) is 8.41. The molecule has 0 aromatic heterocycles. The van der Waals surface area contributed by atoms with Gasteiger partial charge in [0, 0.05) is 26.2 Å². The predicted molar refractivity (Wildman–Crippen MR) is 165 cm³/mol. The van der Waals surface area contributed by atoms with Crippen molar-refractivity contribution in [1.82, 2.24) is 25.2 Å². The zero-order valence-electron chi connectivity index (χ0n) is 27.8. The molecule has 1 aliphatic heterocycles. The quantitative estimate of drug-likeness (QED) is 0.227. The normalized spacial score (nSPS) is 25.0. The summed E-state index contributed by atoms with van der Waals surface area (Å²) in [6.45, 7) is 15.5. The van der Waals surface area contributed by atoms with E-state index < -0.39 is 74.6 Å². The Bertz CT molecular complexity index is 1280. The van der Waals surface area contributed by atoms with Gasteiger partial charge < -0.3 is 26.6 Å². The number of rotatable bonds is 12. The van der Waals surface area contributed by atoms with E-state index in [1.54, 1.807) is 0 Å². The average Bonchev–Trinajstić information content (AvgIpc) is 3.71. The smallest absolute Gasteiger partial charge is 0.315 e. The van der Waals surface area contributed by atoms with E-state index in [1.165, 1.54) is 11.9 Å². The summed E-state index contributed by atoms with van der Waals surface area (Å²) >= 11 is 0. The number of carbonyl (C=O) groups excluding carboxylic acids is 5. The first kappa shape index (κ1) is 35.7. The highest BCUT2D eigenvalue weighted by atomic mass is 32.2. The van der Waals surface area contributed by atoms with Gasteiger partial charge in [0.15, 0.2) is 0 Å². The zero-order valence-corrected chi connectivity index (χ0v) is 28.6. The fourth-order valence-corrected chi connectivity index (χ4v) is 6.65. The minimum Gasteiger partial charge on any atom is -0.363 e. The number of likely N-dealkylation sites (N-methyl/N-ethyl adjacent to an activating group) is 1. The van der Waals surface area contributed by atoms with Gasteiger partial charge in [-0.1, -0.05) is 68.2 Å². The third-order valence-corrected chi connectivity index (χ3v) is 10.9. The Balaban J connectivity index is 1.83.